The molecule has 0 aliphatic heterocycles. The van der Waals surface area contributed by atoms with Gasteiger partial charge in [-0.3, -0.25) is 0 Å². The molecular formula is C12H11ClFNO. The van der Waals surface area contributed by atoms with Crippen LogP contribution in [-0.2, 0) is 0 Å². The Morgan fingerprint density at radius 3 is 2.69 bits per heavy atom. The van der Waals surface area contributed by atoms with Crippen LogP contribution in [0.2, 0.25) is 5.02 Å². The van der Waals surface area contributed by atoms with E-state index in [1.54, 1.807) is 24.5 Å². The molecule has 0 saturated heterocycles. The van der Waals surface area contributed by atoms with Crippen molar-refractivity contribution >= 4 is 11.6 Å². The Balaban J connectivity index is 2.41. The summed E-state index contributed by atoms with van der Waals surface area (Å²) in [6.45, 7) is 1.87. The molecule has 2 nitrogen and oxygen atoms in total. The number of nitrogens with two attached hydrogens (primary N) is 1. The molecule has 16 heavy (non-hydrogen) atoms. The predicted molar refractivity (Wildman–Crippen MR) is 60.9 cm³/mol. The number of benzene rings is 1. The van der Waals surface area contributed by atoms with E-state index in [1.807, 2.05) is 6.92 Å². The second-order valence-electron chi connectivity index (χ2n) is 3.61. The highest BCUT2D eigenvalue weighted by atomic mass is 35.5. The molecular weight excluding hydrogens is 229 g/mol. The highest BCUT2D eigenvalue weighted by Crippen LogP contribution is 2.26. The number of rotatable bonds is 2. The Labute approximate surface area is 97.8 Å². The number of hydrogen-bond acceptors (Lipinski definition) is 2. The van der Waals surface area contributed by atoms with Crippen molar-refractivity contribution in [2.45, 2.75) is 13.0 Å². The highest BCUT2D eigenvalue weighted by molar-refractivity contribution is 6.30. The first-order valence-corrected chi connectivity index (χ1v) is 5.22. The van der Waals surface area contributed by atoms with Crippen molar-refractivity contribution in [2.75, 3.05) is 0 Å². The first-order valence-electron chi connectivity index (χ1n) is 4.84. The van der Waals surface area contributed by atoms with Gasteiger partial charge in [0.15, 0.2) is 0 Å². The summed E-state index contributed by atoms with van der Waals surface area (Å²) >= 11 is 5.67. The van der Waals surface area contributed by atoms with Crippen molar-refractivity contribution in [2.24, 2.45) is 5.73 Å². The molecule has 1 heterocycles. The van der Waals surface area contributed by atoms with E-state index in [0.29, 0.717) is 16.3 Å². The monoisotopic (exact) mass is 239 g/mol. The first-order chi connectivity index (χ1) is 7.59. The molecule has 0 amide bonds. The second-order valence-corrected chi connectivity index (χ2v) is 4.05. The van der Waals surface area contributed by atoms with Gasteiger partial charge in [0, 0.05) is 10.6 Å². The lowest BCUT2D eigenvalue weighted by molar-refractivity contribution is 0.477. The Hall–Kier alpha value is -1.32. The summed E-state index contributed by atoms with van der Waals surface area (Å²) < 4.78 is 18.9. The van der Waals surface area contributed by atoms with Gasteiger partial charge < -0.3 is 10.2 Å². The molecule has 0 fully saturated rings. The lowest BCUT2D eigenvalue weighted by atomic mass is 10.0. The van der Waals surface area contributed by atoms with Crippen molar-refractivity contribution in [3.05, 3.63) is 58.3 Å². The smallest absolute Gasteiger partial charge is 0.129 e. The SMILES string of the molecule is Cc1ccoc1C(N)c1ccc(Cl)cc1F. The van der Waals surface area contributed by atoms with Crippen LogP contribution in [0.1, 0.15) is 22.9 Å². The van der Waals surface area contributed by atoms with Gasteiger partial charge >= 0.3 is 0 Å². The summed E-state index contributed by atoms with van der Waals surface area (Å²) in [5.74, 6) is 0.150. The largest absolute Gasteiger partial charge is 0.467 e. The molecule has 0 spiro atoms. The Bertz CT molecular complexity index is 509. The lowest BCUT2D eigenvalue weighted by Crippen LogP contribution is -2.13. The molecule has 0 aliphatic rings. The van der Waals surface area contributed by atoms with Crippen molar-refractivity contribution < 1.29 is 8.81 Å². The van der Waals surface area contributed by atoms with E-state index < -0.39 is 11.9 Å². The van der Waals surface area contributed by atoms with E-state index in [4.69, 9.17) is 21.8 Å². The van der Waals surface area contributed by atoms with Gasteiger partial charge in [0.1, 0.15) is 11.6 Å². The number of hydrogen-bond donors (Lipinski definition) is 1. The van der Waals surface area contributed by atoms with Crippen LogP contribution < -0.4 is 5.73 Å². The minimum absolute atomic E-state index is 0.351. The van der Waals surface area contributed by atoms with Crippen LogP contribution in [0.5, 0.6) is 0 Å². The minimum atomic E-state index is -0.604. The molecule has 1 atom stereocenters. The Morgan fingerprint density at radius 1 is 1.38 bits per heavy atom. The summed E-state index contributed by atoms with van der Waals surface area (Å²) in [7, 11) is 0. The summed E-state index contributed by atoms with van der Waals surface area (Å²) in [6.07, 6.45) is 1.54. The third-order valence-electron chi connectivity index (χ3n) is 2.48. The van der Waals surface area contributed by atoms with Crippen molar-refractivity contribution in [1.29, 1.82) is 0 Å². The maximum atomic E-state index is 13.6. The second kappa shape index (κ2) is 4.28. The average Bonchev–Trinajstić information content (AvgIpc) is 2.63. The highest BCUT2D eigenvalue weighted by Gasteiger charge is 2.18. The van der Waals surface area contributed by atoms with Crippen molar-refractivity contribution in [1.82, 2.24) is 0 Å². The zero-order chi connectivity index (χ0) is 11.7. The third kappa shape index (κ3) is 1.96. The van der Waals surface area contributed by atoms with Crippen molar-refractivity contribution in [3.63, 3.8) is 0 Å². The normalized spacial score (nSPS) is 12.8. The molecule has 4 heteroatoms. The predicted octanol–water partition coefficient (Wildman–Crippen LogP) is 3.43. The standard InChI is InChI=1S/C12H11ClFNO/c1-7-4-5-16-12(7)11(15)9-3-2-8(13)6-10(9)14/h2-6,11H,15H2,1H3. The molecule has 2 aromatic rings. The number of aryl methyl sites for hydroxylation is 1. The molecule has 2 N–H and O–H groups in total. The van der Waals surface area contributed by atoms with Crippen LogP contribution in [-0.4, -0.2) is 0 Å². The van der Waals surface area contributed by atoms with Crippen LogP contribution in [0, 0.1) is 12.7 Å². The van der Waals surface area contributed by atoms with Gasteiger partial charge in [0.05, 0.1) is 12.3 Å². The van der Waals surface area contributed by atoms with E-state index >= 15 is 0 Å². The number of halogens is 2. The topological polar surface area (TPSA) is 39.2 Å². The van der Waals surface area contributed by atoms with Crippen LogP contribution in [0.4, 0.5) is 4.39 Å². The van der Waals surface area contributed by atoms with Crippen LogP contribution in [0.15, 0.2) is 34.9 Å². The van der Waals surface area contributed by atoms with Crippen molar-refractivity contribution in [3.8, 4) is 0 Å². The fourth-order valence-corrected chi connectivity index (χ4v) is 1.76. The summed E-state index contributed by atoms with van der Waals surface area (Å²) in [5, 5.41) is 0.351. The average molecular weight is 240 g/mol. The van der Waals surface area contributed by atoms with E-state index in [1.165, 1.54) is 6.07 Å². The fourth-order valence-electron chi connectivity index (χ4n) is 1.60. The quantitative estimate of drug-likeness (QED) is 0.872. The molecule has 0 aliphatic carbocycles. The first kappa shape index (κ1) is 11.2. The Kier molecular flexibility index (Phi) is 2.99. The third-order valence-corrected chi connectivity index (χ3v) is 2.72. The van der Waals surface area contributed by atoms with Crippen LogP contribution in [0.3, 0.4) is 0 Å². The van der Waals surface area contributed by atoms with Gasteiger partial charge in [-0.2, -0.15) is 0 Å². The molecule has 0 saturated carbocycles. The molecule has 1 aromatic carbocycles. The van der Waals surface area contributed by atoms with E-state index in [9.17, 15) is 4.39 Å². The maximum absolute atomic E-state index is 13.6. The van der Waals surface area contributed by atoms with E-state index in [2.05, 4.69) is 0 Å². The fraction of sp³-hybridized carbons (Fsp3) is 0.167. The van der Waals surface area contributed by atoms with E-state index in [-0.39, 0.29) is 0 Å². The van der Waals surface area contributed by atoms with E-state index in [0.717, 1.165) is 5.56 Å². The lowest BCUT2D eigenvalue weighted by Gasteiger charge is -2.11. The molecule has 0 radical (unpaired) electrons. The van der Waals surface area contributed by atoms with Gasteiger partial charge in [-0.15, -0.1) is 0 Å². The molecule has 1 unspecified atom stereocenters. The summed E-state index contributed by atoms with van der Waals surface area (Å²) in [5.41, 5.74) is 7.22. The van der Waals surface area contributed by atoms with Crippen LogP contribution in [0.25, 0.3) is 0 Å². The molecule has 2 rings (SSSR count). The minimum Gasteiger partial charge on any atom is -0.467 e. The number of furan rings is 1. The molecule has 0 bridgehead atoms. The van der Waals surface area contributed by atoms with Gasteiger partial charge in [0.25, 0.3) is 0 Å². The van der Waals surface area contributed by atoms with Gasteiger partial charge in [-0.05, 0) is 30.7 Å². The van der Waals surface area contributed by atoms with Crippen LogP contribution >= 0.6 is 11.6 Å². The van der Waals surface area contributed by atoms with Gasteiger partial charge in [-0.1, -0.05) is 17.7 Å². The molecule has 1 aromatic heterocycles. The van der Waals surface area contributed by atoms with Gasteiger partial charge in [0.2, 0.25) is 0 Å². The zero-order valence-corrected chi connectivity index (χ0v) is 9.46. The Morgan fingerprint density at radius 2 is 2.12 bits per heavy atom. The van der Waals surface area contributed by atoms with Gasteiger partial charge in [-0.25, -0.2) is 4.39 Å². The maximum Gasteiger partial charge on any atom is 0.129 e. The summed E-state index contributed by atoms with van der Waals surface area (Å²) in [6, 6.07) is 5.62. The molecule has 84 valence electrons. The zero-order valence-electron chi connectivity index (χ0n) is 8.71. The summed E-state index contributed by atoms with van der Waals surface area (Å²) in [4.78, 5) is 0.